The van der Waals surface area contributed by atoms with Crippen LogP contribution in [0.25, 0.3) is 5.57 Å². The maximum absolute atomic E-state index is 5.52. The molecular weight excluding hydrogens is 198 g/mol. The number of rotatable bonds is 3. The van der Waals surface area contributed by atoms with Gasteiger partial charge in [0.05, 0.1) is 6.61 Å². The van der Waals surface area contributed by atoms with Crippen LogP contribution in [0.15, 0.2) is 30.3 Å². The van der Waals surface area contributed by atoms with Crippen molar-refractivity contribution in [2.75, 3.05) is 26.7 Å². The fourth-order valence-electron chi connectivity index (χ4n) is 2.05. The van der Waals surface area contributed by atoms with E-state index in [1.807, 2.05) is 13.0 Å². The van der Waals surface area contributed by atoms with Crippen LogP contribution in [0, 0.1) is 0 Å². The molecule has 1 aliphatic heterocycles. The fourth-order valence-corrected chi connectivity index (χ4v) is 2.05. The normalized spacial score (nSPS) is 17.0. The number of likely N-dealkylation sites (N-methyl/N-ethyl adjacent to an activating group) is 1. The molecule has 1 heterocycles. The van der Waals surface area contributed by atoms with Gasteiger partial charge in [0.15, 0.2) is 0 Å². The van der Waals surface area contributed by atoms with E-state index in [2.05, 4.69) is 36.2 Å². The topological polar surface area (TPSA) is 12.5 Å². The molecule has 0 radical (unpaired) electrons. The number of nitrogens with zero attached hydrogens (tertiary/aromatic N) is 1. The Morgan fingerprint density at radius 2 is 2.25 bits per heavy atom. The van der Waals surface area contributed by atoms with Gasteiger partial charge in [-0.25, -0.2) is 0 Å². The van der Waals surface area contributed by atoms with Gasteiger partial charge in [0.1, 0.15) is 5.75 Å². The second kappa shape index (κ2) is 5.17. The van der Waals surface area contributed by atoms with Gasteiger partial charge in [0.2, 0.25) is 0 Å². The van der Waals surface area contributed by atoms with Gasteiger partial charge < -0.3 is 9.64 Å². The third-order valence-electron chi connectivity index (χ3n) is 2.86. The van der Waals surface area contributed by atoms with E-state index < -0.39 is 0 Å². The highest BCUT2D eigenvalue weighted by molar-refractivity contribution is 5.68. The van der Waals surface area contributed by atoms with Crippen molar-refractivity contribution >= 4 is 5.57 Å². The van der Waals surface area contributed by atoms with E-state index in [1.54, 1.807) is 0 Å². The van der Waals surface area contributed by atoms with E-state index in [1.165, 1.54) is 11.1 Å². The zero-order chi connectivity index (χ0) is 11.4. The Balaban J connectivity index is 2.19. The molecule has 16 heavy (non-hydrogen) atoms. The third kappa shape index (κ3) is 2.64. The zero-order valence-electron chi connectivity index (χ0n) is 10.1. The summed E-state index contributed by atoms with van der Waals surface area (Å²) in [5, 5.41) is 0. The minimum absolute atomic E-state index is 0.725. The second-order valence-electron chi connectivity index (χ2n) is 4.22. The Bertz CT molecular complexity index is 384. The van der Waals surface area contributed by atoms with Crippen LogP contribution in [-0.2, 0) is 0 Å². The van der Waals surface area contributed by atoms with Crippen LogP contribution in [0.3, 0.4) is 0 Å². The summed E-state index contributed by atoms with van der Waals surface area (Å²) in [6.07, 6.45) is 3.48. The number of ether oxygens (including phenoxy) is 1. The van der Waals surface area contributed by atoms with Crippen molar-refractivity contribution in [3.63, 3.8) is 0 Å². The summed E-state index contributed by atoms with van der Waals surface area (Å²) in [5.74, 6) is 0.967. The highest BCUT2D eigenvalue weighted by Gasteiger charge is 2.10. The smallest absolute Gasteiger partial charge is 0.119 e. The van der Waals surface area contributed by atoms with Gasteiger partial charge in [0.25, 0.3) is 0 Å². The van der Waals surface area contributed by atoms with Gasteiger partial charge in [-0.3, -0.25) is 0 Å². The standard InChI is InChI=1S/C14H19NO/c1-3-16-14-8-4-6-12(10-14)13-7-5-9-15(2)11-13/h4,6-8,10H,3,5,9,11H2,1-2H3. The molecule has 0 aromatic heterocycles. The molecule has 0 aliphatic carbocycles. The molecule has 0 amide bonds. The highest BCUT2D eigenvalue weighted by atomic mass is 16.5. The Morgan fingerprint density at radius 1 is 1.38 bits per heavy atom. The minimum atomic E-state index is 0.725. The highest BCUT2D eigenvalue weighted by Crippen LogP contribution is 2.23. The van der Waals surface area contributed by atoms with Crippen molar-refractivity contribution in [1.82, 2.24) is 4.90 Å². The van der Waals surface area contributed by atoms with Crippen molar-refractivity contribution in [2.45, 2.75) is 13.3 Å². The van der Waals surface area contributed by atoms with Crippen molar-refractivity contribution in [3.05, 3.63) is 35.9 Å². The molecule has 0 unspecified atom stereocenters. The van der Waals surface area contributed by atoms with Crippen LogP contribution < -0.4 is 4.74 Å². The van der Waals surface area contributed by atoms with E-state index in [0.717, 1.165) is 31.9 Å². The van der Waals surface area contributed by atoms with Gasteiger partial charge in [0, 0.05) is 13.1 Å². The van der Waals surface area contributed by atoms with Crippen LogP contribution in [-0.4, -0.2) is 31.6 Å². The van der Waals surface area contributed by atoms with Crippen LogP contribution in [0.1, 0.15) is 18.9 Å². The van der Waals surface area contributed by atoms with Crippen molar-refractivity contribution in [2.24, 2.45) is 0 Å². The summed E-state index contributed by atoms with van der Waals surface area (Å²) >= 11 is 0. The molecule has 0 fully saturated rings. The second-order valence-corrected chi connectivity index (χ2v) is 4.22. The molecule has 0 bridgehead atoms. The van der Waals surface area contributed by atoms with E-state index >= 15 is 0 Å². The van der Waals surface area contributed by atoms with Crippen LogP contribution in [0.4, 0.5) is 0 Å². The van der Waals surface area contributed by atoms with Crippen molar-refractivity contribution < 1.29 is 4.74 Å². The van der Waals surface area contributed by atoms with E-state index in [9.17, 15) is 0 Å². The summed E-state index contributed by atoms with van der Waals surface area (Å²) in [4.78, 5) is 2.35. The zero-order valence-corrected chi connectivity index (χ0v) is 10.1. The molecule has 0 saturated heterocycles. The quantitative estimate of drug-likeness (QED) is 0.772. The predicted octanol–water partition coefficient (Wildman–Crippen LogP) is 2.80. The third-order valence-corrected chi connectivity index (χ3v) is 2.86. The van der Waals surface area contributed by atoms with Crippen molar-refractivity contribution in [3.8, 4) is 5.75 Å². The molecule has 2 rings (SSSR count). The van der Waals surface area contributed by atoms with E-state index in [0.29, 0.717) is 0 Å². The van der Waals surface area contributed by atoms with Gasteiger partial charge in [-0.2, -0.15) is 0 Å². The summed E-state index contributed by atoms with van der Waals surface area (Å²) in [6.45, 7) is 4.94. The van der Waals surface area contributed by atoms with Gasteiger partial charge >= 0.3 is 0 Å². The largest absolute Gasteiger partial charge is 0.494 e. The maximum Gasteiger partial charge on any atom is 0.119 e. The SMILES string of the molecule is CCOc1cccc(C2=CCCN(C)C2)c1. The van der Waals surface area contributed by atoms with E-state index in [4.69, 9.17) is 4.74 Å². The molecular formula is C14H19NO. The minimum Gasteiger partial charge on any atom is -0.494 e. The lowest BCUT2D eigenvalue weighted by molar-refractivity contribution is 0.340. The predicted molar refractivity (Wildman–Crippen MR) is 67.7 cm³/mol. The first-order valence-corrected chi connectivity index (χ1v) is 5.90. The van der Waals surface area contributed by atoms with Crippen molar-refractivity contribution in [1.29, 1.82) is 0 Å². The summed E-state index contributed by atoms with van der Waals surface area (Å²) in [6, 6.07) is 8.37. The average molecular weight is 217 g/mol. The molecule has 1 aromatic carbocycles. The molecule has 1 aliphatic rings. The molecule has 0 N–H and O–H groups in total. The first kappa shape index (κ1) is 11.2. The monoisotopic (exact) mass is 217 g/mol. The Hall–Kier alpha value is -1.28. The number of hydrogen-bond acceptors (Lipinski definition) is 2. The lowest BCUT2D eigenvalue weighted by atomic mass is 10.0. The molecule has 0 atom stereocenters. The summed E-state index contributed by atoms with van der Waals surface area (Å²) < 4.78 is 5.52. The number of hydrogen-bond donors (Lipinski definition) is 0. The maximum atomic E-state index is 5.52. The molecule has 0 saturated carbocycles. The van der Waals surface area contributed by atoms with Crippen LogP contribution in [0.5, 0.6) is 5.75 Å². The first-order chi connectivity index (χ1) is 7.79. The first-order valence-electron chi connectivity index (χ1n) is 5.90. The Kier molecular flexibility index (Phi) is 3.62. The summed E-state index contributed by atoms with van der Waals surface area (Å²) in [5.41, 5.74) is 2.70. The van der Waals surface area contributed by atoms with Gasteiger partial charge in [-0.1, -0.05) is 18.2 Å². The van der Waals surface area contributed by atoms with Crippen LogP contribution >= 0.6 is 0 Å². The lowest BCUT2D eigenvalue weighted by Crippen LogP contribution is -2.24. The fraction of sp³-hybridized carbons (Fsp3) is 0.429. The molecule has 1 aromatic rings. The van der Waals surface area contributed by atoms with Gasteiger partial charge in [-0.15, -0.1) is 0 Å². The molecule has 2 nitrogen and oxygen atoms in total. The van der Waals surface area contributed by atoms with E-state index in [-0.39, 0.29) is 0 Å². The molecule has 86 valence electrons. The Morgan fingerprint density at radius 3 is 3.00 bits per heavy atom. The average Bonchev–Trinajstić information content (AvgIpc) is 2.30. The molecule has 2 heteroatoms. The Labute approximate surface area is 97.5 Å². The van der Waals surface area contributed by atoms with Gasteiger partial charge in [-0.05, 0) is 43.7 Å². The molecule has 0 spiro atoms. The lowest BCUT2D eigenvalue weighted by Gasteiger charge is -2.23. The number of benzene rings is 1. The van der Waals surface area contributed by atoms with Crippen LogP contribution in [0.2, 0.25) is 0 Å². The summed E-state index contributed by atoms with van der Waals surface area (Å²) in [7, 11) is 2.17.